The molecule has 23 heavy (non-hydrogen) atoms. The van der Waals surface area contributed by atoms with Gasteiger partial charge in [0.2, 0.25) is 5.91 Å². The minimum Gasteiger partial charge on any atom is -0.497 e. The fraction of sp³-hybridized carbons (Fsp3) is 0.188. The molecule has 0 fully saturated rings. The Morgan fingerprint density at radius 3 is 3.04 bits per heavy atom. The van der Waals surface area contributed by atoms with Crippen molar-refractivity contribution in [1.29, 1.82) is 0 Å². The number of ether oxygens (including phenoxy) is 1. The van der Waals surface area contributed by atoms with E-state index in [1.807, 2.05) is 36.4 Å². The zero-order valence-electron chi connectivity index (χ0n) is 12.5. The van der Waals surface area contributed by atoms with Gasteiger partial charge in [0.05, 0.1) is 22.4 Å². The van der Waals surface area contributed by atoms with Gasteiger partial charge in [-0.05, 0) is 30.3 Å². The van der Waals surface area contributed by atoms with Crippen molar-refractivity contribution >= 4 is 44.4 Å². The maximum Gasteiger partial charge on any atom is 0.226 e. The van der Waals surface area contributed by atoms with Gasteiger partial charge in [-0.2, -0.15) is 0 Å². The molecule has 0 radical (unpaired) electrons. The van der Waals surface area contributed by atoms with Gasteiger partial charge in [-0.15, -0.1) is 11.8 Å². The van der Waals surface area contributed by atoms with Gasteiger partial charge in [-0.1, -0.05) is 17.4 Å². The summed E-state index contributed by atoms with van der Waals surface area (Å²) in [6.45, 7) is 0. The van der Waals surface area contributed by atoms with Gasteiger partial charge >= 0.3 is 0 Å². The zero-order chi connectivity index (χ0) is 16.1. The Kier molecular flexibility index (Phi) is 5.09. The number of aromatic nitrogens is 2. The van der Waals surface area contributed by atoms with E-state index < -0.39 is 0 Å². The van der Waals surface area contributed by atoms with Crippen LogP contribution < -0.4 is 10.1 Å². The first-order valence-electron chi connectivity index (χ1n) is 7.03. The zero-order valence-corrected chi connectivity index (χ0v) is 14.1. The lowest BCUT2D eigenvalue weighted by atomic mass is 10.3. The standard InChI is InChI=1S/C16H15N3O2S2/c1-21-11-5-6-12-13(10-11)23-16(18-12)19-14(20)7-9-22-15-4-2-3-8-17-15/h2-6,8,10H,7,9H2,1H3,(H,18,19,20). The fourth-order valence-electron chi connectivity index (χ4n) is 1.95. The molecule has 0 aliphatic carbocycles. The van der Waals surface area contributed by atoms with E-state index in [1.165, 1.54) is 11.3 Å². The highest BCUT2D eigenvalue weighted by Crippen LogP contribution is 2.29. The van der Waals surface area contributed by atoms with Crippen LogP contribution in [0.15, 0.2) is 47.6 Å². The van der Waals surface area contributed by atoms with Crippen LogP contribution in [-0.2, 0) is 4.79 Å². The Morgan fingerprint density at radius 2 is 2.26 bits per heavy atom. The Balaban J connectivity index is 1.55. The second kappa shape index (κ2) is 7.43. The number of methoxy groups -OCH3 is 1. The summed E-state index contributed by atoms with van der Waals surface area (Å²) in [4.78, 5) is 20.6. The van der Waals surface area contributed by atoms with Crippen molar-refractivity contribution in [3.05, 3.63) is 42.6 Å². The number of fused-ring (bicyclic) bond motifs is 1. The van der Waals surface area contributed by atoms with Crippen molar-refractivity contribution in [2.75, 3.05) is 18.2 Å². The quantitative estimate of drug-likeness (QED) is 0.688. The summed E-state index contributed by atoms with van der Waals surface area (Å²) >= 11 is 3.01. The Bertz CT molecular complexity index is 805. The van der Waals surface area contributed by atoms with Gasteiger partial charge in [0.15, 0.2) is 5.13 Å². The SMILES string of the molecule is COc1ccc2nc(NC(=O)CCSc3ccccn3)sc2c1. The van der Waals surface area contributed by atoms with E-state index in [9.17, 15) is 4.79 Å². The number of nitrogens with zero attached hydrogens (tertiary/aromatic N) is 2. The van der Waals surface area contributed by atoms with Gasteiger partial charge in [-0.25, -0.2) is 9.97 Å². The molecular weight excluding hydrogens is 330 g/mol. The van der Waals surface area contributed by atoms with Crippen LogP contribution in [-0.4, -0.2) is 28.7 Å². The van der Waals surface area contributed by atoms with E-state index in [1.54, 1.807) is 25.1 Å². The summed E-state index contributed by atoms with van der Waals surface area (Å²) in [6.07, 6.45) is 2.16. The Hall–Kier alpha value is -2.12. The number of amides is 1. The minimum absolute atomic E-state index is 0.0422. The second-order valence-corrected chi connectivity index (χ2v) is 6.81. The molecule has 7 heteroatoms. The van der Waals surface area contributed by atoms with E-state index in [0.29, 0.717) is 17.3 Å². The molecule has 0 saturated heterocycles. The number of pyridine rings is 1. The summed E-state index contributed by atoms with van der Waals surface area (Å²) in [5.74, 6) is 1.42. The van der Waals surface area contributed by atoms with Crippen molar-refractivity contribution in [3.63, 3.8) is 0 Å². The topological polar surface area (TPSA) is 64.1 Å². The van der Waals surface area contributed by atoms with Crippen molar-refractivity contribution in [3.8, 4) is 5.75 Å². The molecule has 0 unspecified atom stereocenters. The molecule has 1 N–H and O–H groups in total. The van der Waals surface area contributed by atoms with Crippen molar-refractivity contribution in [1.82, 2.24) is 9.97 Å². The average molecular weight is 345 g/mol. The molecule has 5 nitrogen and oxygen atoms in total. The van der Waals surface area contributed by atoms with Crippen LogP contribution in [0, 0.1) is 0 Å². The molecule has 2 aromatic heterocycles. The average Bonchev–Trinajstić information content (AvgIpc) is 2.96. The molecule has 3 rings (SSSR count). The molecule has 3 aromatic rings. The summed E-state index contributed by atoms with van der Waals surface area (Å²) in [5, 5.41) is 4.38. The van der Waals surface area contributed by atoms with Crippen molar-refractivity contribution < 1.29 is 9.53 Å². The molecule has 0 spiro atoms. The molecule has 0 atom stereocenters. The van der Waals surface area contributed by atoms with Crippen molar-refractivity contribution in [2.45, 2.75) is 11.4 Å². The first-order valence-corrected chi connectivity index (χ1v) is 8.83. The van der Waals surface area contributed by atoms with E-state index in [2.05, 4.69) is 15.3 Å². The number of benzene rings is 1. The lowest BCUT2D eigenvalue weighted by Gasteiger charge is -2.01. The molecule has 1 aromatic carbocycles. The highest BCUT2D eigenvalue weighted by molar-refractivity contribution is 7.99. The Labute approximate surface area is 142 Å². The first kappa shape index (κ1) is 15.8. The molecule has 2 heterocycles. The summed E-state index contributed by atoms with van der Waals surface area (Å²) in [6, 6.07) is 11.4. The van der Waals surface area contributed by atoms with Crippen LogP contribution in [0.5, 0.6) is 5.75 Å². The maximum atomic E-state index is 12.0. The molecule has 0 saturated carbocycles. The lowest BCUT2D eigenvalue weighted by Crippen LogP contribution is -2.11. The number of anilines is 1. The molecular formula is C16H15N3O2S2. The van der Waals surface area contributed by atoms with Gasteiger partial charge in [0, 0.05) is 18.4 Å². The number of carbonyl (C=O) groups is 1. The largest absolute Gasteiger partial charge is 0.497 e. The first-order chi connectivity index (χ1) is 11.2. The van der Waals surface area contributed by atoms with Crippen LogP contribution >= 0.6 is 23.1 Å². The van der Waals surface area contributed by atoms with Crippen molar-refractivity contribution in [2.24, 2.45) is 0 Å². The van der Waals surface area contributed by atoms with E-state index >= 15 is 0 Å². The predicted molar refractivity (Wildman–Crippen MR) is 94.4 cm³/mol. The smallest absolute Gasteiger partial charge is 0.226 e. The van der Waals surface area contributed by atoms with Crippen LogP contribution in [0.2, 0.25) is 0 Å². The highest BCUT2D eigenvalue weighted by atomic mass is 32.2. The normalized spacial score (nSPS) is 10.7. The third-order valence-electron chi connectivity index (χ3n) is 3.06. The van der Waals surface area contributed by atoms with Crippen LogP contribution in [0.4, 0.5) is 5.13 Å². The third-order valence-corrected chi connectivity index (χ3v) is 4.94. The lowest BCUT2D eigenvalue weighted by molar-refractivity contribution is -0.115. The second-order valence-electron chi connectivity index (χ2n) is 4.67. The summed E-state index contributed by atoms with van der Waals surface area (Å²) < 4.78 is 6.18. The number of thiazole rings is 1. The highest BCUT2D eigenvalue weighted by Gasteiger charge is 2.09. The molecule has 1 amide bonds. The number of rotatable bonds is 6. The summed E-state index contributed by atoms with van der Waals surface area (Å²) in [5.41, 5.74) is 0.856. The number of hydrogen-bond acceptors (Lipinski definition) is 6. The maximum absolute atomic E-state index is 12.0. The molecule has 0 aliphatic rings. The van der Waals surface area contributed by atoms with Crippen LogP contribution in [0.1, 0.15) is 6.42 Å². The fourth-order valence-corrected chi connectivity index (χ4v) is 3.67. The van der Waals surface area contributed by atoms with Gasteiger partial charge in [0.25, 0.3) is 0 Å². The number of hydrogen-bond donors (Lipinski definition) is 1. The van der Waals surface area contributed by atoms with Gasteiger partial charge < -0.3 is 10.1 Å². The number of carbonyl (C=O) groups excluding carboxylic acids is 1. The monoisotopic (exact) mass is 345 g/mol. The number of thioether (sulfide) groups is 1. The minimum atomic E-state index is -0.0422. The van der Waals surface area contributed by atoms with Crippen LogP contribution in [0.25, 0.3) is 10.2 Å². The number of nitrogens with one attached hydrogen (secondary N) is 1. The predicted octanol–water partition coefficient (Wildman–Crippen LogP) is 3.82. The molecule has 118 valence electrons. The van der Waals surface area contributed by atoms with Crippen LogP contribution in [0.3, 0.4) is 0 Å². The molecule has 0 aliphatic heterocycles. The van der Waals surface area contributed by atoms with E-state index in [0.717, 1.165) is 21.0 Å². The van der Waals surface area contributed by atoms with E-state index in [4.69, 9.17) is 4.74 Å². The Morgan fingerprint density at radius 1 is 1.35 bits per heavy atom. The molecule has 0 bridgehead atoms. The third kappa shape index (κ3) is 4.20. The van der Waals surface area contributed by atoms with E-state index in [-0.39, 0.29) is 5.91 Å². The summed E-state index contributed by atoms with van der Waals surface area (Å²) in [7, 11) is 1.63. The van der Waals surface area contributed by atoms with Gasteiger partial charge in [-0.3, -0.25) is 4.79 Å². The van der Waals surface area contributed by atoms with Gasteiger partial charge in [0.1, 0.15) is 5.75 Å².